The van der Waals surface area contributed by atoms with Crippen LogP contribution in [0.1, 0.15) is 45.4 Å². The Balaban J connectivity index is 1.71. The van der Waals surface area contributed by atoms with Gasteiger partial charge >= 0.3 is 5.97 Å². The van der Waals surface area contributed by atoms with Crippen LogP contribution >= 0.6 is 0 Å². The van der Waals surface area contributed by atoms with Gasteiger partial charge in [0.15, 0.2) is 0 Å². The normalized spacial score (nSPS) is 34.8. The fraction of sp³-hybridized carbons (Fsp3) is 0.800. The molecule has 4 heteroatoms. The molecule has 108 valence electrons. The molecule has 0 spiro atoms. The van der Waals surface area contributed by atoms with Gasteiger partial charge in [0.2, 0.25) is 0 Å². The molecule has 0 saturated carbocycles. The highest BCUT2D eigenvalue weighted by molar-refractivity contribution is 5.74. The van der Waals surface area contributed by atoms with Gasteiger partial charge in [0, 0.05) is 6.61 Å². The molecule has 0 aromatic heterocycles. The van der Waals surface area contributed by atoms with E-state index in [1.54, 1.807) is 0 Å². The van der Waals surface area contributed by atoms with Crippen LogP contribution < -0.4 is 0 Å². The molecule has 4 atom stereocenters. The molecule has 2 saturated heterocycles. The van der Waals surface area contributed by atoms with Crippen molar-refractivity contribution in [2.24, 2.45) is 5.92 Å². The maximum Gasteiger partial charge on any atom is 0.309 e. The molecule has 0 bridgehead atoms. The first kappa shape index (κ1) is 14.5. The SMILES string of the molecule is C=C1C[C@H](CCCO)OC1CCC1C[C@@H](C)C(=O)O1. The van der Waals surface area contributed by atoms with E-state index in [4.69, 9.17) is 14.6 Å². The third kappa shape index (κ3) is 3.80. The number of aliphatic hydroxyl groups excluding tert-OH is 1. The monoisotopic (exact) mass is 268 g/mol. The fourth-order valence-corrected chi connectivity index (χ4v) is 2.89. The lowest BCUT2D eigenvalue weighted by Crippen LogP contribution is -2.15. The zero-order valence-electron chi connectivity index (χ0n) is 11.6. The molecule has 0 aliphatic carbocycles. The molecule has 2 unspecified atom stereocenters. The van der Waals surface area contributed by atoms with Gasteiger partial charge in [0.1, 0.15) is 6.10 Å². The van der Waals surface area contributed by atoms with Crippen LogP contribution in [0.25, 0.3) is 0 Å². The van der Waals surface area contributed by atoms with E-state index in [9.17, 15) is 4.79 Å². The van der Waals surface area contributed by atoms with Gasteiger partial charge in [-0.15, -0.1) is 0 Å². The zero-order chi connectivity index (χ0) is 13.8. The van der Waals surface area contributed by atoms with Gasteiger partial charge in [0.25, 0.3) is 0 Å². The van der Waals surface area contributed by atoms with Gasteiger partial charge in [-0.1, -0.05) is 13.5 Å². The van der Waals surface area contributed by atoms with Crippen LogP contribution in [0.5, 0.6) is 0 Å². The van der Waals surface area contributed by atoms with Gasteiger partial charge in [0.05, 0.1) is 18.1 Å². The predicted octanol–water partition coefficient (Wildman–Crippen LogP) is 2.20. The summed E-state index contributed by atoms with van der Waals surface area (Å²) in [5, 5.41) is 8.83. The molecule has 1 N–H and O–H groups in total. The third-order valence-corrected chi connectivity index (χ3v) is 4.04. The van der Waals surface area contributed by atoms with Crippen molar-refractivity contribution in [1.82, 2.24) is 0 Å². The number of ether oxygens (including phenoxy) is 2. The molecule has 0 aromatic rings. The van der Waals surface area contributed by atoms with Crippen LogP contribution in [0.15, 0.2) is 12.2 Å². The Bertz CT molecular complexity index is 339. The van der Waals surface area contributed by atoms with E-state index >= 15 is 0 Å². The maximum absolute atomic E-state index is 11.3. The lowest BCUT2D eigenvalue weighted by atomic mass is 9.99. The topological polar surface area (TPSA) is 55.8 Å². The molecule has 4 nitrogen and oxygen atoms in total. The summed E-state index contributed by atoms with van der Waals surface area (Å²) >= 11 is 0. The third-order valence-electron chi connectivity index (χ3n) is 4.04. The Morgan fingerprint density at radius 2 is 2.11 bits per heavy atom. The zero-order valence-corrected chi connectivity index (χ0v) is 11.6. The van der Waals surface area contributed by atoms with E-state index in [-0.39, 0.29) is 36.8 Å². The summed E-state index contributed by atoms with van der Waals surface area (Å²) in [7, 11) is 0. The fourth-order valence-electron chi connectivity index (χ4n) is 2.89. The average molecular weight is 268 g/mol. The van der Waals surface area contributed by atoms with E-state index in [1.165, 1.54) is 0 Å². The van der Waals surface area contributed by atoms with Crippen LogP contribution in [0.3, 0.4) is 0 Å². The lowest BCUT2D eigenvalue weighted by Gasteiger charge is -2.15. The molecule has 2 fully saturated rings. The largest absolute Gasteiger partial charge is 0.462 e. The molecule has 0 amide bonds. The van der Waals surface area contributed by atoms with Gasteiger partial charge in [-0.3, -0.25) is 4.79 Å². The number of rotatable bonds is 6. The number of hydrogen-bond donors (Lipinski definition) is 1. The Labute approximate surface area is 114 Å². The van der Waals surface area contributed by atoms with Gasteiger partial charge in [-0.2, -0.15) is 0 Å². The summed E-state index contributed by atoms with van der Waals surface area (Å²) in [6.45, 7) is 6.20. The van der Waals surface area contributed by atoms with Gasteiger partial charge in [-0.25, -0.2) is 0 Å². The molecular weight excluding hydrogens is 244 g/mol. The maximum atomic E-state index is 11.3. The number of aliphatic hydroxyl groups is 1. The standard InChI is InChI=1S/C15H24O4/c1-10-8-12(4-3-7-16)18-14(10)6-5-13-9-11(2)15(17)19-13/h11-14,16H,1,3-9H2,2H3/t11-,12+,13?,14?/m1/s1. The van der Waals surface area contributed by atoms with Crippen LogP contribution in [-0.2, 0) is 14.3 Å². The van der Waals surface area contributed by atoms with E-state index in [0.717, 1.165) is 44.1 Å². The summed E-state index contributed by atoms with van der Waals surface area (Å²) in [5.74, 6) is -0.0352. The van der Waals surface area contributed by atoms with E-state index in [1.807, 2.05) is 6.92 Å². The number of carbonyl (C=O) groups is 1. The minimum absolute atomic E-state index is 0.0370. The molecule has 2 rings (SSSR count). The van der Waals surface area contributed by atoms with E-state index < -0.39 is 0 Å². The summed E-state index contributed by atoms with van der Waals surface area (Å²) in [6, 6.07) is 0. The van der Waals surface area contributed by atoms with Gasteiger partial charge in [-0.05, 0) is 44.1 Å². The van der Waals surface area contributed by atoms with Gasteiger partial charge < -0.3 is 14.6 Å². The van der Waals surface area contributed by atoms with Crippen LogP contribution in [0.2, 0.25) is 0 Å². The number of cyclic esters (lactones) is 1. The summed E-state index contributed by atoms with van der Waals surface area (Å²) in [4.78, 5) is 11.3. The Hall–Kier alpha value is -0.870. The summed E-state index contributed by atoms with van der Waals surface area (Å²) in [5.41, 5.74) is 1.14. The second-order valence-electron chi connectivity index (χ2n) is 5.75. The molecule has 19 heavy (non-hydrogen) atoms. The quantitative estimate of drug-likeness (QED) is 0.592. The van der Waals surface area contributed by atoms with Crippen molar-refractivity contribution >= 4 is 5.97 Å². The van der Waals surface area contributed by atoms with Crippen molar-refractivity contribution < 1.29 is 19.4 Å². The highest BCUT2D eigenvalue weighted by Gasteiger charge is 2.33. The molecule has 2 aliphatic rings. The van der Waals surface area contributed by atoms with Crippen molar-refractivity contribution in [2.75, 3.05) is 6.61 Å². The molecule has 0 radical (unpaired) electrons. The number of carbonyl (C=O) groups excluding carboxylic acids is 1. The Morgan fingerprint density at radius 3 is 2.74 bits per heavy atom. The molecular formula is C15H24O4. The molecule has 2 aliphatic heterocycles. The van der Waals surface area contributed by atoms with Crippen molar-refractivity contribution in [3.63, 3.8) is 0 Å². The highest BCUT2D eigenvalue weighted by atomic mass is 16.6. The molecule has 2 heterocycles. The number of hydrogen-bond acceptors (Lipinski definition) is 4. The van der Waals surface area contributed by atoms with E-state index in [0.29, 0.717) is 0 Å². The van der Waals surface area contributed by atoms with Crippen LogP contribution in [0.4, 0.5) is 0 Å². The first-order valence-electron chi connectivity index (χ1n) is 7.24. The first-order valence-corrected chi connectivity index (χ1v) is 7.24. The van der Waals surface area contributed by atoms with Crippen LogP contribution in [-0.4, -0.2) is 36.0 Å². The minimum Gasteiger partial charge on any atom is -0.462 e. The Kier molecular flexibility index (Phi) is 4.99. The number of esters is 1. The smallest absolute Gasteiger partial charge is 0.309 e. The second kappa shape index (κ2) is 6.53. The Morgan fingerprint density at radius 1 is 1.32 bits per heavy atom. The highest BCUT2D eigenvalue weighted by Crippen LogP contribution is 2.32. The molecule has 0 aromatic carbocycles. The van der Waals surface area contributed by atoms with Crippen molar-refractivity contribution in [3.8, 4) is 0 Å². The minimum atomic E-state index is -0.0722. The van der Waals surface area contributed by atoms with Crippen molar-refractivity contribution in [1.29, 1.82) is 0 Å². The average Bonchev–Trinajstić information content (AvgIpc) is 2.88. The van der Waals surface area contributed by atoms with E-state index in [2.05, 4.69) is 6.58 Å². The van der Waals surface area contributed by atoms with Crippen molar-refractivity contribution in [2.45, 2.75) is 63.8 Å². The predicted molar refractivity (Wildman–Crippen MR) is 71.6 cm³/mol. The van der Waals surface area contributed by atoms with Crippen molar-refractivity contribution in [3.05, 3.63) is 12.2 Å². The summed E-state index contributed by atoms with van der Waals surface area (Å²) < 4.78 is 11.2. The first-order chi connectivity index (χ1) is 9.10. The lowest BCUT2D eigenvalue weighted by molar-refractivity contribution is -0.144. The van der Waals surface area contributed by atoms with Crippen LogP contribution in [0, 0.1) is 5.92 Å². The summed E-state index contributed by atoms with van der Waals surface area (Å²) in [6.07, 6.45) is 5.47. The second-order valence-corrected chi connectivity index (χ2v) is 5.75.